The highest BCUT2D eigenvalue weighted by Gasteiger charge is 2.04. The molecule has 1 aromatic carbocycles. The Labute approximate surface area is 99.6 Å². The highest BCUT2D eigenvalue weighted by Crippen LogP contribution is 2.08. The largest absolute Gasteiger partial charge is 0.478 e. The van der Waals surface area contributed by atoms with E-state index in [1.807, 2.05) is 0 Å². The molecule has 94 valence electrons. The van der Waals surface area contributed by atoms with Crippen LogP contribution in [0.3, 0.4) is 0 Å². The Morgan fingerprint density at radius 2 is 1.65 bits per heavy atom. The third-order valence-corrected chi connectivity index (χ3v) is 2.50. The molecule has 7 heteroatoms. The molecule has 1 rings (SSSR count). The standard InChI is InChI=1S/C6H8N2O2S.C4H6O2/c7-5-1-3-6(4-2-5)11(8,9)10;1-3(2)4(5)6/h1-4H,7H2,(H2,8,9,10);1H2,2H3,(H,5,6). The summed E-state index contributed by atoms with van der Waals surface area (Å²) >= 11 is 0. The molecule has 0 fully saturated rings. The summed E-state index contributed by atoms with van der Waals surface area (Å²) in [5, 5.41) is 12.7. The van der Waals surface area contributed by atoms with E-state index in [0.717, 1.165) is 0 Å². The first-order valence-corrected chi connectivity index (χ1v) is 5.96. The second kappa shape index (κ2) is 6.02. The van der Waals surface area contributed by atoms with Gasteiger partial charge in [-0.1, -0.05) is 6.58 Å². The first-order chi connectivity index (χ1) is 7.64. The van der Waals surface area contributed by atoms with E-state index in [2.05, 4.69) is 6.58 Å². The van der Waals surface area contributed by atoms with E-state index in [9.17, 15) is 13.2 Å². The molecule has 5 N–H and O–H groups in total. The van der Waals surface area contributed by atoms with E-state index in [-0.39, 0.29) is 10.5 Å². The van der Waals surface area contributed by atoms with Crippen molar-refractivity contribution in [3.63, 3.8) is 0 Å². The predicted molar refractivity (Wildman–Crippen MR) is 64.7 cm³/mol. The zero-order valence-electron chi connectivity index (χ0n) is 9.25. The maximum absolute atomic E-state index is 10.7. The van der Waals surface area contributed by atoms with Gasteiger partial charge < -0.3 is 10.8 Å². The number of hydrogen-bond donors (Lipinski definition) is 3. The van der Waals surface area contributed by atoms with Crippen molar-refractivity contribution in [3.05, 3.63) is 36.4 Å². The number of aliphatic carboxylic acids is 1. The maximum atomic E-state index is 10.7. The second-order valence-electron chi connectivity index (χ2n) is 3.20. The summed E-state index contributed by atoms with van der Waals surface area (Å²) in [6, 6.07) is 5.70. The highest BCUT2D eigenvalue weighted by molar-refractivity contribution is 7.89. The van der Waals surface area contributed by atoms with Crippen molar-refractivity contribution in [3.8, 4) is 0 Å². The number of carboxylic acids is 1. The number of sulfonamides is 1. The summed E-state index contributed by atoms with van der Waals surface area (Å²) < 4.78 is 21.4. The van der Waals surface area contributed by atoms with Gasteiger partial charge in [0.1, 0.15) is 0 Å². The summed E-state index contributed by atoms with van der Waals surface area (Å²) in [5.74, 6) is -0.935. The molecule has 0 spiro atoms. The van der Waals surface area contributed by atoms with Gasteiger partial charge in [0.15, 0.2) is 0 Å². The Morgan fingerprint density at radius 3 is 1.88 bits per heavy atom. The lowest BCUT2D eigenvalue weighted by Crippen LogP contribution is -2.11. The number of hydrogen-bond acceptors (Lipinski definition) is 4. The third kappa shape index (κ3) is 6.33. The highest BCUT2D eigenvalue weighted by atomic mass is 32.2. The molecule has 0 aliphatic rings. The molecular weight excluding hydrogens is 244 g/mol. The Hall–Kier alpha value is -1.86. The summed E-state index contributed by atoms with van der Waals surface area (Å²) in [5.41, 5.74) is 6.02. The van der Waals surface area contributed by atoms with E-state index in [4.69, 9.17) is 16.0 Å². The van der Waals surface area contributed by atoms with E-state index in [0.29, 0.717) is 5.69 Å². The van der Waals surface area contributed by atoms with Gasteiger partial charge in [0.25, 0.3) is 0 Å². The minimum atomic E-state index is -3.58. The summed E-state index contributed by atoms with van der Waals surface area (Å²) in [6.45, 7) is 4.60. The molecule has 0 heterocycles. The third-order valence-electron chi connectivity index (χ3n) is 1.57. The maximum Gasteiger partial charge on any atom is 0.330 e. The molecule has 0 unspecified atom stereocenters. The molecule has 0 bridgehead atoms. The van der Waals surface area contributed by atoms with Crippen molar-refractivity contribution in [2.45, 2.75) is 11.8 Å². The lowest BCUT2D eigenvalue weighted by molar-refractivity contribution is -0.132. The number of primary sulfonamides is 1. The summed E-state index contributed by atoms with van der Waals surface area (Å²) in [7, 11) is -3.58. The fourth-order valence-corrected chi connectivity index (χ4v) is 1.17. The monoisotopic (exact) mass is 258 g/mol. The average Bonchev–Trinajstić information content (AvgIpc) is 2.17. The lowest BCUT2D eigenvalue weighted by atomic mass is 10.3. The molecule has 0 saturated carbocycles. The lowest BCUT2D eigenvalue weighted by Gasteiger charge is -1.96. The number of nitrogen functional groups attached to an aromatic ring is 1. The minimum absolute atomic E-state index is 0.0756. The van der Waals surface area contributed by atoms with E-state index in [1.54, 1.807) is 0 Å². The van der Waals surface area contributed by atoms with E-state index < -0.39 is 16.0 Å². The first-order valence-electron chi connectivity index (χ1n) is 4.41. The zero-order valence-corrected chi connectivity index (χ0v) is 10.1. The Morgan fingerprint density at radius 1 is 1.29 bits per heavy atom. The van der Waals surface area contributed by atoms with Crippen LogP contribution in [0.5, 0.6) is 0 Å². The van der Waals surface area contributed by atoms with Crippen molar-refractivity contribution in [1.82, 2.24) is 0 Å². The molecule has 17 heavy (non-hydrogen) atoms. The van der Waals surface area contributed by atoms with Crippen LogP contribution in [0, 0.1) is 0 Å². The van der Waals surface area contributed by atoms with Gasteiger partial charge in [0, 0.05) is 11.3 Å². The number of carbonyl (C=O) groups is 1. The SMILES string of the molecule is C=C(C)C(=O)O.Nc1ccc(S(N)(=O)=O)cc1. The molecule has 6 nitrogen and oxygen atoms in total. The smallest absolute Gasteiger partial charge is 0.330 e. The average molecular weight is 258 g/mol. The molecule has 0 aliphatic carbocycles. The van der Waals surface area contributed by atoms with Crippen molar-refractivity contribution in [2.24, 2.45) is 5.14 Å². The quantitative estimate of drug-likeness (QED) is 0.528. The molecule has 0 aliphatic heterocycles. The first kappa shape index (κ1) is 15.1. The zero-order chi connectivity index (χ0) is 13.6. The molecule has 0 aromatic heterocycles. The van der Waals surface area contributed by atoms with Gasteiger partial charge in [-0.3, -0.25) is 0 Å². The van der Waals surface area contributed by atoms with Crippen LogP contribution in [0.2, 0.25) is 0 Å². The van der Waals surface area contributed by atoms with Crippen molar-refractivity contribution in [2.75, 3.05) is 5.73 Å². The molecular formula is C10H14N2O4S. The number of benzene rings is 1. The molecule has 0 amide bonds. The number of anilines is 1. The van der Waals surface area contributed by atoms with Crippen LogP contribution in [0.1, 0.15) is 6.92 Å². The van der Waals surface area contributed by atoms with Crippen LogP contribution in [-0.4, -0.2) is 19.5 Å². The van der Waals surface area contributed by atoms with Gasteiger partial charge in [-0.25, -0.2) is 18.4 Å². The molecule has 0 saturated heterocycles. The Bertz CT molecular complexity index is 494. The molecule has 0 atom stereocenters. The minimum Gasteiger partial charge on any atom is -0.478 e. The van der Waals surface area contributed by atoms with Crippen LogP contribution in [-0.2, 0) is 14.8 Å². The van der Waals surface area contributed by atoms with Gasteiger partial charge in [0.05, 0.1) is 4.90 Å². The van der Waals surface area contributed by atoms with Crippen LogP contribution in [0.4, 0.5) is 5.69 Å². The van der Waals surface area contributed by atoms with Gasteiger partial charge in [0.2, 0.25) is 10.0 Å². The second-order valence-corrected chi connectivity index (χ2v) is 4.76. The van der Waals surface area contributed by atoms with Gasteiger partial charge in [-0.15, -0.1) is 0 Å². The normalized spacial score (nSPS) is 10.0. The number of rotatable bonds is 2. The van der Waals surface area contributed by atoms with E-state index in [1.165, 1.54) is 31.2 Å². The van der Waals surface area contributed by atoms with Crippen LogP contribution < -0.4 is 10.9 Å². The van der Waals surface area contributed by atoms with Gasteiger partial charge >= 0.3 is 5.97 Å². The summed E-state index contributed by atoms with van der Waals surface area (Å²) in [6.07, 6.45) is 0. The summed E-state index contributed by atoms with van der Waals surface area (Å²) in [4.78, 5) is 9.68. The van der Waals surface area contributed by atoms with Gasteiger partial charge in [-0.05, 0) is 31.2 Å². The fourth-order valence-electron chi connectivity index (χ4n) is 0.658. The number of carboxylic acid groups (broad SMARTS) is 1. The van der Waals surface area contributed by atoms with Crippen LogP contribution >= 0.6 is 0 Å². The van der Waals surface area contributed by atoms with Gasteiger partial charge in [-0.2, -0.15) is 0 Å². The fraction of sp³-hybridized carbons (Fsp3) is 0.100. The topological polar surface area (TPSA) is 123 Å². The van der Waals surface area contributed by atoms with Crippen LogP contribution in [0.25, 0.3) is 0 Å². The van der Waals surface area contributed by atoms with Crippen molar-refractivity contribution >= 4 is 21.7 Å². The van der Waals surface area contributed by atoms with Crippen LogP contribution in [0.15, 0.2) is 41.3 Å². The predicted octanol–water partition coefficient (Wildman–Crippen LogP) is 0.563. The number of nitrogens with two attached hydrogens (primary N) is 2. The Kier molecular flexibility index (Phi) is 5.36. The van der Waals surface area contributed by atoms with E-state index >= 15 is 0 Å². The molecule has 1 aromatic rings. The Balaban J connectivity index is 0.000000366. The molecule has 0 radical (unpaired) electrons. The van der Waals surface area contributed by atoms with Crippen molar-refractivity contribution in [1.29, 1.82) is 0 Å². The van der Waals surface area contributed by atoms with Crippen molar-refractivity contribution < 1.29 is 18.3 Å².